The lowest BCUT2D eigenvalue weighted by Crippen LogP contribution is -2.32. The Morgan fingerprint density at radius 3 is 2.36 bits per heavy atom. The van der Waals surface area contributed by atoms with E-state index in [4.69, 9.17) is 4.52 Å². The molecule has 1 heterocycles. The van der Waals surface area contributed by atoms with Crippen molar-refractivity contribution < 1.29 is 14.1 Å². The zero-order chi connectivity index (χ0) is 18.7. The number of amides is 3. The van der Waals surface area contributed by atoms with E-state index in [0.717, 1.165) is 22.4 Å². The highest BCUT2D eigenvalue weighted by atomic mass is 16.5. The average Bonchev–Trinajstić information content (AvgIpc) is 2.85. The molecule has 3 amide bonds. The van der Waals surface area contributed by atoms with Gasteiger partial charge in [0.15, 0.2) is 0 Å². The summed E-state index contributed by atoms with van der Waals surface area (Å²) in [5.41, 5.74) is 4.71. The molecule has 0 radical (unpaired) electrons. The van der Waals surface area contributed by atoms with Gasteiger partial charge < -0.3 is 20.5 Å². The number of carbonyl (C=O) groups is 2. The van der Waals surface area contributed by atoms with Crippen molar-refractivity contribution in [2.24, 2.45) is 0 Å². The van der Waals surface area contributed by atoms with Crippen molar-refractivity contribution in [3.8, 4) is 0 Å². The summed E-state index contributed by atoms with van der Waals surface area (Å²) in [6.07, 6.45) is 0. The van der Waals surface area contributed by atoms with Crippen LogP contribution in [0.15, 0.2) is 16.7 Å². The lowest BCUT2D eigenvalue weighted by molar-refractivity contribution is -0.114. The van der Waals surface area contributed by atoms with Crippen LogP contribution in [0.1, 0.15) is 48.0 Å². The number of anilines is 2. The molecule has 0 unspecified atom stereocenters. The van der Waals surface area contributed by atoms with Crippen molar-refractivity contribution in [3.05, 3.63) is 40.3 Å². The largest absolute Gasteiger partial charge is 0.361 e. The third-order valence-electron chi connectivity index (χ3n) is 4.09. The van der Waals surface area contributed by atoms with Gasteiger partial charge in [0.25, 0.3) is 0 Å². The Labute approximate surface area is 147 Å². The number of rotatable bonds is 4. The summed E-state index contributed by atoms with van der Waals surface area (Å²) in [4.78, 5) is 23.7. The molecule has 3 N–H and O–H groups in total. The molecule has 1 atom stereocenters. The molecule has 0 spiro atoms. The zero-order valence-electron chi connectivity index (χ0n) is 15.4. The number of hydrogen-bond acceptors (Lipinski definition) is 4. The topological polar surface area (TPSA) is 96.3 Å². The number of benzene rings is 1. The number of hydrogen-bond donors (Lipinski definition) is 3. The summed E-state index contributed by atoms with van der Waals surface area (Å²) >= 11 is 0. The fraction of sp³-hybridized carbons (Fsp3) is 0.389. The normalized spacial score (nSPS) is 11.8. The van der Waals surface area contributed by atoms with Crippen molar-refractivity contribution in [1.29, 1.82) is 0 Å². The molecule has 0 bridgehead atoms. The highest BCUT2D eigenvalue weighted by molar-refractivity contribution is 5.95. The highest BCUT2D eigenvalue weighted by Gasteiger charge is 2.19. The second-order valence-corrected chi connectivity index (χ2v) is 6.17. The van der Waals surface area contributed by atoms with Gasteiger partial charge in [-0.2, -0.15) is 0 Å². The van der Waals surface area contributed by atoms with Gasteiger partial charge in [0.05, 0.1) is 11.7 Å². The quantitative estimate of drug-likeness (QED) is 0.787. The van der Waals surface area contributed by atoms with E-state index in [0.29, 0.717) is 17.1 Å². The number of aryl methyl sites for hydroxylation is 3. The summed E-state index contributed by atoms with van der Waals surface area (Å²) in [5, 5.41) is 12.4. The van der Waals surface area contributed by atoms with Crippen molar-refractivity contribution >= 4 is 23.3 Å². The van der Waals surface area contributed by atoms with Gasteiger partial charge in [0.2, 0.25) is 5.91 Å². The second kappa shape index (κ2) is 7.38. The van der Waals surface area contributed by atoms with E-state index < -0.39 is 0 Å². The van der Waals surface area contributed by atoms with Gasteiger partial charge in [-0.25, -0.2) is 4.79 Å². The summed E-state index contributed by atoms with van der Waals surface area (Å²) < 4.78 is 5.14. The monoisotopic (exact) mass is 344 g/mol. The number of nitrogens with zero attached hydrogens (tertiary/aromatic N) is 1. The Bertz CT molecular complexity index is 791. The first-order valence-electron chi connectivity index (χ1n) is 8.08. The molecular weight excluding hydrogens is 320 g/mol. The van der Waals surface area contributed by atoms with Gasteiger partial charge >= 0.3 is 6.03 Å². The number of carbonyl (C=O) groups excluding carboxylic acids is 2. The van der Waals surface area contributed by atoms with Gasteiger partial charge in [-0.05, 0) is 51.8 Å². The molecule has 1 aromatic carbocycles. The van der Waals surface area contributed by atoms with Crippen molar-refractivity contribution in [1.82, 2.24) is 10.5 Å². The molecule has 0 saturated carbocycles. The smallest absolute Gasteiger partial charge is 0.319 e. The Balaban J connectivity index is 2.14. The lowest BCUT2D eigenvalue weighted by Gasteiger charge is -2.18. The molecule has 0 aliphatic carbocycles. The first kappa shape index (κ1) is 18.5. The minimum atomic E-state index is -0.340. The van der Waals surface area contributed by atoms with Crippen molar-refractivity contribution in [2.45, 2.75) is 47.6 Å². The fourth-order valence-corrected chi connectivity index (χ4v) is 2.89. The first-order chi connectivity index (χ1) is 11.7. The van der Waals surface area contributed by atoms with Crippen LogP contribution >= 0.6 is 0 Å². The van der Waals surface area contributed by atoms with E-state index in [1.807, 2.05) is 46.8 Å². The molecule has 0 fully saturated rings. The van der Waals surface area contributed by atoms with Crippen molar-refractivity contribution in [3.63, 3.8) is 0 Å². The molecule has 7 nitrogen and oxygen atoms in total. The highest BCUT2D eigenvalue weighted by Crippen LogP contribution is 2.27. The van der Waals surface area contributed by atoms with Crippen LogP contribution in [-0.2, 0) is 4.79 Å². The Hall–Kier alpha value is -2.83. The van der Waals surface area contributed by atoms with Crippen LogP contribution < -0.4 is 16.0 Å². The van der Waals surface area contributed by atoms with Crippen LogP contribution in [0.4, 0.5) is 16.2 Å². The minimum absolute atomic E-state index is 0.153. The van der Waals surface area contributed by atoms with Gasteiger partial charge in [-0.1, -0.05) is 11.2 Å². The molecule has 2 rings (SSSR count). The van der Waals surface area contributed by atoms with Gasteiger partial charge in [-0.15, -0.1) is 0 Å². The molecular formula is C18H24N4O3. The predicted molar refractivity (Wildman–Crippen MR) is 96.8 cm³/mol. The maximum Gasteiger partial charge on any atom is 0.319 e. The van der Waals surface area contributed by atoms with E-state index in [1.165, 1.54) is 6.92 Å². The number of urea groups is 1. The van der Waals surface area contributed by atoms with Gasteiger partial charge in [0.1, 0.15) is 5.76 Å². The molecule has 0 saturated heterocycles. The third-order valence-corrected chi connectivity index (χ3v) is 4.09. The molecule has 25 heavy (non-hydrogen) atoms. The van der Waals surface area contributed by atoms with E-state index >= 15 is 0 Å². The fourth-order valence-electron chi connectivity index (χ4n) is 2.89. The van der Waals surface area contributed by atoms with Crippen LogP contribution in [0.5, 0.6) is 0 Å². The molecule has 1 aromatic heterocycles. The average molecular weight is 344 g/mol. The van der Waals surface area contributed by atoms with E-state index in [-0.39, 0.29) is 18.0 Å². The van der Waals surface area contributed by atoms with Crippen LogP contribution in [0.2, 0.25) is 0 Å². The van der Waals surface area contributed by atoms with Crippen molar-refractivity contribution in [2.75, 3.05) is 10.6 Å². The zero-order valence-corrected chi connectivity index (χ0v) is 15.4. The third kappa shape index (κ3) is 4.17. The molecule has 2 aromatic rings. The van der Waals surface area contributed by atoms with Crippen LogP contribution in [0.25, 0.3) is 0 Å². The minimum Gasteiger partial charge on any atom is -0.361 e. The number of nitrogens with one attached hydrogen (secondary N) is 3. The SMILES string of the molecule is CC(=O)Nc1c(C)ccc(NC(=O)N[C@H](C)c2c(C)noc2C)c1C. The Morgan fingerprint density at radius 1 is 1.12 bits per heavy atom. The molecule has 0 aliphatic rings. The van der Waals surface area contributed by atoms with E-state index in [1.54, 1.807) is 0 Å². The molecule has 0 aliphatic heterocycles. The first-order valence-corrected chi connectivity index (χ1v) is 8.08. The van der Waals surface area contributed by atoms with Crippen LogP contribution in [0, 0.1) is 27.7 Å². The Kier molecular flexibility index (Phi) is 5.46. The Morgan fingerprint density at radius 2 is 1.80 bits per heavy atom. The van der Waals surface area contributed by atoms with Crippen LogP contribution in [-0.4, -0.2) is 17.1 Å². The lowest BCUT2D eigenvalue weighted by atomic mass is 10.1. The van der Waals surface area contributed by atoms with Gasteiger partial charge in [-0.3, -0.25) is 4.79 Å². The van der Waals surface area contributed by atoms with E-state index in [2.05, 4.69) is 21.1 Å². The van der Waals surface area contributed by atoms with Gasteiger partial charge in [0, 0.05) is 23.9 Å². The summed E-state index contributed by atoms with van der Waals surface area (Å²) in [5.74, 6) is 0.532. The maximum atomic E-state index is 12.4. The summed E-state index contributed by atoms with van der Waals surface area (Å²) in [6, 6.07) is 3.09. The summed E-state index contributed by atoms with van der Waals surface area (Å²) in [6.45, 7) is 10.7. The molecule has 134 valence electrons. The molecule has 7 heteroatoms. The predicted octanol–water partition coefficient (Wildman–Crippen LogP) is 3.75. The van der Waals surface area contributed by atoms with E-state index in [9.17, 15) is 9.59 Å². The second-order valence-electron chi connectivity index (χ2n) is 6.17. The maximum absolute atomic E-state index is 12.4. The number of aromatic nitrogens is 1. The van der Waals surface area contributed by atoms with Crippen LogP contribution in [0.3, 0.4) is 0 Å². The standard InChI is InChI=1S/C18H24N4O3/c1-9-7-8-15(10(2)17(9)20-14(6)23)21-18(24)19-11(3)16-12(4)22-25-13(16)5/h7-8,11H,1-6H3,(H,20,23)(H2,19,21,24)/t11-/m1/s1. The summed E-state index contributed by atoms with van der Waals surface area (Å²) in [7, 11) is 0.